The summed E-state index contributed by atoms with van der Waals surface area (Å²) in [7, 11) is 1.70. The molecule has 7 nitrogen and oxygen atoms in total. The lowest BCUT2D eigenvalue weighted by Crippen LogP contribution is -2.49. The molecule has 0 bridgehead atoms. The number of ether oxygens (including phenoxy) is 2. The van der Waals surface area contributed by atoms with Crippen LogP contribution in [0.15, 0.2) is 22.6 Å². The van der Waals surface area contributed by atoms with Gasteiger partial charge in [0.15, 0.2) is 0 Å². The van der Waals surface area contributed by atoms with Gasteiger partial charge in [0.1, 0.15) is 5.75 Å². The van der Waals surface area contributed by atoms with E-state index in [0.29, 0.717) is 23.9 Å². The van der Waals surface area contributed by atoms with Gasteiger partial charge in [-0.2, -0.15) is 0 Å². The van der Waals surface area contributed by atoms with Crippen molar-refractivity contribution in [1.82, 2.24) is 15.1 Å². The highest BCUT2D eigenvalue weighted by atomic mass is 16.5. The summed E-state index contributed by atoms with van der Waals surface area (Å²) >= 11 is 0. The van der Waals surface area contributed by atoms with Gasteiger partial charge >= 0.3 is 6.01 Å². The lowest BCUT2D eigenvalue weighted by molar-refractivity contribution is 0.0113. The molecule has 28 heavy (non-hydrogen) atoms. The Bertz CT molecular complexity index is 778. The monoisotopic (exact) mass is 386 g/mol. The minimum atomic E-state index is 0.398. The van der Waals surface area contributed by atoms with Gasteiger partial charge in [0.05, 0.1) is 20.3 Å². The van der Waals surface area contributed by atoms with E-state index in [2.05, 4.69) is 39.9 Å². The van der Waals surface area contributed by atoms with E-state index in [1.54, 1.807) is 7.11 Å². The van der Waals surface area contributed by atoms with Crippen LogP contribution >= 0.6 is 0 Å². The molecule has 0 spiro atoms. The van der Waals surface area contributed by atoms with Crippen LogP contribution in [0.1, 0.15) is 38.2 Å². The Balaban J connectivity index is 1.42. The molecule has 2 aliphatic heterocycles. The van der Waals surface area contributed by atoms with Gasteiger partial charge in [-0.3, -0.25) is 4.90 Å². The second kappa shape index (κ2) is 8.49. The number of morpholine rings is 1. The van der Waals surface area contributed by atoms with Crippen molar-refractivity contribution in [1.29, 1.82) is 0 Å². The van der Waals surface area contributed by atoms with Gasteiger partial charge < -0.3 is 18.8 Å². The molecule has 2 aliphatic rings. The highest BCUT2D eigenvalue weighted by Crippen LogP contribution is 2.32. The lowest BCUT2D eigenvalue weighted by Gasteiger charge is -2.39. The van der Waals surface area contributed by atoms with Crippen molar-refractivity contribution in [2.45, 2.75) is 38.6 Å². The standard InChI is InChI=1S/C21H30N4O3/c1-15(2)18-5-4-16(14-19(18)26-3)20-22-23-21(28-20)25-8-6-17(7-9-25)24-10-12-27-13-11-24/h4-5,14-15,17H,6-13H2,1-3H3. The van der Waals surface area contributed by atoms with Crippen LogP contribution in [0.3, 0.4) is 0 Å². The number of piperidine rings is 1. The molecule has 3 heterocycles. The van der Waals surface area contributed by atoms with Gasteiger partial charge in [-0.1, -0.05) is 25.0 Å². The van der Waals surface area contributed by atoms with E-state index in [0.717, 1.165) is 63.5 Å². The van der Waals surface area contributed by atoms with E-state index in [1.165, 1.54) is 5.56 Å². The normalized spacial score (nSPS) is 19.4. The van der Waals surface area contributed by atoms with Crippen LogP contribution in [-0.4, -0.2) is 67.6 Å². The fourth-order valence-electron chi connectivity index (χ4n) is 4.15. The minimum absolute atomic E-state index is 0.398. The summed E-state index contributed by atoms with van der Waals surface area (Å²) in [6.45, 7) is 10.00. The van der Waals surface area contributed by atoms with E-state index < -0.39 is 0 Å². The van der Waals surface area contributed by atoms with Crippen molar-refractivity contribution in [3.05, 3.63) is 23.8 Å². The predicted octanol–water partition coefficient (Wildman–Crippen LogP) is 3.17. The minimum Gasteiger partial charge on any atom is -0.496 e. The molecule has 0 N–H and O–H groups in total. The Morgan fingerprint density at radius 1 is 1.07 bits per heavy atom. The SMILES string of the molecule is COc1cc(-c2nnc(N3CCC(N4CCOCC4)CC3)o2)ccc1C(C)C. The van der Waals surface area contributed by atoms with E-state index in [4.69, 9.17) is 13.9 Å². The van der Waals surface area contributed by atoms with Gasteiger partial charge in [-0.05, 0) is 36.5 Å². The molecule has 7 heteroatoms. The maximum Gasteiger partial charge on any atom is 0.318 e. The van der Waals surface area contributed by atoms with Crippen LogP contribution in [0.4, 0.5) is 6.01 Å². The molecule has 152 valence electrons. The summed E-state index contributed by atoms with van der Waals surface area (Å²) in [6.07, 6.45) is 2.24. The van der Waals surface area contributed by atoms with Gasteiger partial charge in [0, 0.05) is 37.8 Å². The molecule has 0 amide bonds. The van der Waals surface area contributed by atoms with Crippen molar-refractivity contribution in [2.75, 3.05) is 51.4 Å². The third kappa shape index (κ3) is 4.00. The fourth-order valence-corrected chi connectivity index (χ4v) is 4.15. The van der Waals surface area contributed by atoms with E-state index >= 15 is 0 Å². The molecule has 0 saturated carbocycles. The number of methoxy groups -OCH3 is 1. The van der Waals surface area contributed by atoms with Crippen LogP contribution in [0.2, 0.25) is 0 Å². The zero-order valence-electron chi connectivity index (χ0n) is 17.1. The lowest BCUT2D eigenvalue weighted by atomic mass is 10.0. The Hall–Kier alpha value is -2.12. The largest absolute Gasteiger partial charge is 0.496 e. The molecule has 0 radical (unpaired) electrons. The molecule has 0 atom stereocenters. The van der Waals surface area contributed by atoms with Crippen molar-refractivity contribution in [2.24, 2.45) is 0 Å². The summed E-state index contributed by atoms with van der Waals surface area (Å²) in [5, 5.41) is 8.58. The molecule has 4 rings (SSSR count). The van der Waals surface area contributed by atoms with Crippen LogP contribution in [0.5, 0.6) is 5.75 Å². The smallest absolute Gasteiger partial charge is 0.318 e. The van der Waals surface area contributed by atoms with Gasteiger partial charge in [0.2, 0.25) is 5.89 Å². The first-order chi connectivity index (χ1) is 13.7. The van der Waals surface area contributed by atoms with Gasteiger partial charge in [0.25, 0.3) is 0 Å². The number of hydrogen-bond donors (Lipinski definition) is 0. The molecule has 2 saturated heterocycles. The Morgan fingerprint density at radius 3 is 2.50 bits per heavy atom. The Kier molecular flexibility index (Phi) is 5.82. The molecule has 1 aromatic heterocycles. The van der Waals surface area contributed by atoms with Crippen LogP contribution in [0.25, 0.3) is 11.5 Å². The third-order valence-corrected chi connectivity index (χ3v) is 5.81. The Morgan fingerprint density at radius 2 is 1.82 bits per heavy atom. The highest BCUT2D eigenvalue weighted by molar-refractivity contribution is 5.59. The quantitative estimate of drug-likeness (QED) is 0.782. The average Bonchev–Trinajstić information content (AvgIpc) is 3.24. The summed E-state index contributed by atoms with van der Waals surface area (Å²) in [5.41, 5.74) is 2.07. The predicted molar refractivity (Wildman–Crippen MR) is 108 cm³/mol. The molecular formula is C21H30N4O3. The van der Waals surface area contributed by atoms with Gasteiger partial charge in [-0.15, -0.1) is 5.10 Å². The van der Waals surface area contributed by atoms with Crippen LogP contribution < -0.4 is 9.64 Å². The molecule has 2 aromatic rings. The fraction of sp³-hybridized carbons (Fsp3) is 0.619. The molecule has 0 aliphatic carbocycles. The van der Waals surface area contributed by atoms with Crippen molar-refractivity contribution in [3.8, 4) is 17.2 Å². The molecule has 2 fully saturated rings. The molecular weight excluding hydrogens is 356 g/mol. The topological polar surface area (TPSA) is 63.9 Å². The highest BCUT2D eigenvalue weighted by Gasteiger charge is 2.28. The average molecular weight is 386 g/mol. The first kappa shape index (κ1) is 19.2. The zero-order valence-corrected chi connectivity index (χ0v) is 17.1. The number of benzene rings is 1. The number of aromatic nitrogens is 2. The third-order valence-electron chi connectivity index (χ3n) is 5.81. The van der Waals surface area contributed by atoms with Gasteiger partial charge in [-0.25, -0.2) is 0 Å². The summed E-state index contributed by atoms with van der Waals surface area (Å²) in [4.78, 5) is 4.76. The second-order valence-electron chi connectivity index (χ2n) is 7.87. The number of anilines is 1. The number of rotatable bonds is 5. The zero-order chi connectivity index (χ0) is 19.5. The van der Waals surface area contributed by atoms with Crippen molar-refractivity contribution < 1.29 is 13.9 Å². The summed E-state index contributed by atoms with van der Waals surface area (Å²) in [5.74, 6) is 1.80. The van der Waals surface area contributed by atoms with Crippen LogP contribution in [0, 0.1) is 0 Å². The maximum absolute atomic E-state index is 6.00. The summed E-state index contributed by atoms with van der Waals surface area (Å²) < 4.78 is 17.0. The molecule has 1 aromatic carbocycles. The van der Waals surface area contributed by atoms with E-state index in [1.807, 2.05) is 12.1 Å². The first-order valence-electron chi connectivity index (χ1n) is 10.2. The number of nitrogens with zero attached hydrogens (tertiary/aromatic N) is 4. The van der Waals surface area contributed by atoms with E-state index in [9.17, 15) is 0 Å². The van der Waals surface area contributed by atoms with Crippen LogP contribution in [-0.2, 0) is 4.74 Å². The van der Waals surface area contributed by atoms with Crippen molar-refractivity contribution >= 4 is 6.01 Å². The van der Waals surface area contributed by atoms with E-state index in [-0.39, 0.29) is 0 Å². The Labute approximate surface area is 166 Å². The molecule has 0 unspecified atom stereocenters. The second-order valence-corrected chi connectivity index (χ2v) is 7.87. The first-order valence-corrected chi connectivity index (χ1v) is 10.2. The van der Waals surface area contributed by atoms with Crippen molar-refractivity contribution in [3.63, 3.8) is 0 Å². The number of hydrogen-bond acceptors (Lipinski definition) is 7. The maximum atomic E-state index is 6.00. The summed E-state index contributed by atoms with van der Waals surface area (Å²) in [6, 6.07) is 7.34.